The average molecular weight is 240 g/mol. The van der Waals surface area contributed by atoms with E-state index in [2.05, 4.69) is 6.92 Å². The van der Waals surface area contributed by atoms with Crippen LogP contribution in [0.1, 0.15) is 71.6 Å². The minimum absolute atomic E-state index is 0.216. The Morgan fingerprint density at radius 3 is 2.00 bits per heavy atom. The van der Waals surface area contributed by atoms with Gasteiger partial charge in [-0.2, -0.15) is 0 Å². The maximum absolute atomic E-state index is 11.0. The summed E-state index contributed by atoms with van der Waals surface area (Å²) in [6.45, 7) is 4.63. The smallest absolute Gasteiger partial charge is 0.330 e. The lowest BCUT2D eigenvalue weighted by molar-refractivity contribution is -0.137. The van der Waals surface area contributed by atoms with Crippen molar-refractivity contribution in [3.8, 4) is 0 Å². The van der Waals surface area contributed by atoms with Crippen LogP contribution in [0.15, 0.2) is 12.2 Å². The first-order valence-electron chi connectivity index (χ1n) is 7.10. The largest absolute Gasteiger partial charge is 0.463 e. The molecule has 2 nitrogen and oxygen atoms in total. The highest BCUT2D eigenvalue weighted by Crippen LogP contribution is 2.09. The van der Waals surface area contributed by atoms with E-state index >= 15 is 0 Å². The highest BCUT2D eigenvalue weighted by Gasteiger charge is 1.96. The molecule has 100 valence electrons. The summed E-state index contributed by atoms with van der Waals surface area (Å²) in [5.74, 6) is -0.216. The molecule has 0 bridgehead atoms. The van der Waals surface area contributed by atoms with Gasteiger partial charge in [0.05, 0.1) is 6.61 Å². The van der Waals surface area contributed by atoms with Crippen LogP contribution in [-0.2, 0) is 9.53 Å². The van der Waals surface area contributed by atoms with Crippen molar-refractivity contribution >= 4 is 5.97 Å². The molecule has 0 aliphatic carbocycles. The predicted molar refractivity (Wildman–Crippen MR) is 73.0 cm³/mol. The predicted octanol–water partition coefficient (Wildman–Crippen LogP) is 4.64. The summed E-state index contributed by atoms with van der Waals surface area (Å²) in [5.41, 5.74) is 0. The summed E-state index contributed by atoms with van der Waals surface area (Å²) in [7, 11) is 0. The molecule has 0 N–H and O–H groups in total. The average Bonchev–Trinajstić information content (AvgIpc) is 2.32. The zero-order valence-electron chi connectivity index (χ0n) is 11.5. The second-order valence-corrected chi connectivity index (χ2v) is 4.50. The van der Waals surface area contributed by atoms with Gasteiger partial charge in [0.25, 0.3) is 0 Å². The normalized spacial score (nSPS) is 10.9. The molecule has 0 atom stereocenters. The standard InChI is InChI=1S/C15H28O2/c1-3-5-6-7-8-9-10-11-12-14-17-15(16)13-4-2/h4,13H,3,5-12,14H2,1-2H3. The minimum atomic E-state index is -0.216. The van der Waals surface area contributed by atoms with Crippen LogP contribution in [0.2, 0.25) is 0 Å². The summed E-state index contributed by atoms with van der Waals surface area (Å²) >= 11 is 0. The molecule has 0 unspecified atom stereocenters. The fourth-order valence-electron chi connectivity index (χ4n) is 1.77. The lowest BCUT2D eigenvalue weighted by Gasteiger charge is -2.02. The highest BCUT2D eigenvalue weighted by atomic mass is 16.5. The third-order valence-corrected chi connectivity index (χ3v) is 2.79. The molecule has 0 rings (SSSR count). The quantitative estimate of drug-likeness (QED) is 0.299. The van der Waals surface area contributed by atoms with E-state index < -0.39 is 0 Å². The van der Waals surface area contributed by atoms with Crippen LogP contribution in [0, 0.1) is 0 Å². The number of unbranched alkanes of at least 4 members (excludes halogenated alkanes) is 8. The van der Waals surface area contributed by atoms with Gasteiger partial charge in [-0.05, 0) is 13.3 Å². The number of carbonyl (C=O) groups is 1. The molecule has 0 aromatic carbocycles. The van der Waals surface area contributed by atoms with Crippen molar-refractivity contribution in [1.29, 1.82) is 0 Å². The van der Waals surface area contributed by atoms with E-state index in [1.165, 1.54) is 57.4 Å². The number of esters is 1. The van der Waals surface area contributed by atoms with E-state index in [4.69, 9.17) is 4.74 Å². The van der Waals surface area contributed by atoms with Crippen molar-refractivity contribution in [3.63, 3.8) is 0 Å². The second kappa shape index (κ2) is 13.3. The Hall–Kier alpha value is -0.790. The van der Waals surface area contributed by atoms with Crippen molar-refractivity contribution in [2.45, 2.75) is 71.6 Å². The van der Waals surface area contributed by atoms with Gasteiger partial charge >= 0.3 is 5.97 Å². The Morgan fingerprint density at radius 1 is 0.941 bits per heavy atom. The molecule has 0 aromatic rings. The van der Waals surface area contributed by atoms with E-state index in [1.807, 2.05) is 6.92 Å². The molecule has 0 aromatic heterocycles. The van der Waals surface area contributed by atoms with Gasteiger partial charge in [-0.25, -0.2) is 4.79 Å². The van der Waals surface area contributed by atoms with E-state index in [0.29, 0.717) is 6.61 Å². The fourth-order valence-corrected chi connectivity index (χ4v) is 1.77. The lowest BCUT2D eigenvalue weighted by atomic mass is 10.1. The Balaban J connectivity index is 3.06. The van der Waals surface area contributed by atoms with E-state index in [9.17, 15) is 4.79 Å². The second-order valence-electron chi connectivity index (χ2n) is 4.50. The van der Waals surface area contributed by atoms with Gasteiger partial charge < -0.3 is 4.74 Å². The summed E-state index contributed by atoms with van der Waals surface area (Å²) in [6, 6.07) is 0. The van der Waals surface area contributed by atoms with E-state index in [1.54, 1.807) is 6.08 Å². The first-order chi connectivity index (χ1) is 8.31. The molecule has 2 heteroatoms. The first kappa shape index (κ1) is 16.2. The van der Waals surface area contributed by atoms with Gasteiger partial charge in [0.1, 0.15) is 0 Å². The number of allylic oxidation sites excluding steroid dienone is 1. The van der Waals surface area contributed by atoms with Gasteiger partial charge in [-0.3, -0.25) is 0 Å². The Bertz CT molecular complexity index is 197. The zero-order valence-corrected chi connectivity index (χ0v) is 11.5. The maximum atomic E-state index is 11.0. The van der Waals surface area contributed by atoms with Crippen LogP contribution in [0.4, 0.5) is 0 Å². The molecule has 17 heavy (non-hydrogen) atoms. The summed E-state index contributed by atoms with van der Waals surface area (Å²) in [4.78, 5) is 11.0. The number of hydrogen-bond acceptors (Lipinski definition) is 2. The number of ether oxygens (including phenoxy) is 1. The van der Waals surface area contributed by atoms with Gasteiger partial charge in [0, 0.05) is 6.08 Å². The lowest BCUT2D eigenvalue weighted by Crippen LogP contribution is -2.01. The monoisotopic (exact) mass is 240 g/mol. The van der Waals surface area contributed by atoms with E-state index in [0.717, 1.165) is 6.42 Å². The molecule has 0 spiro atoms. The zero-order chi connectivity index (χ0) is 12.8. The summed E-state index contributed by atoms with van der Waals surface area (Å²) in [5, 5.41) is 0. The van der Waals surface area contributed by atoms with Crippen LogP contribution in [0.5, 0.6) is 0 Å². The van der Waals surface area contributed by atoms with Gasteiger partial charge in [0.2, 0.25) is 0 Å². The third-order valence-electron chi connectivity index (χ3n) is 2.79. The number of hydrogen-bond donors (Lipinski definition) is 0. The summed E-state index contributed by atoms with van der Waals surface area (Å²) in [6.07, 6.45) is 14.8. The van der Waals surface area contributed by atoms with Crippen molar-refractivity contribution in [2.24, 2.45) is 0 Å². The topological polar surface area (TPSA) is 26.3 Å². The van der Waals surface area contributed by atoms with Crippen LogP contribution in [0.3, 0.4) is 0 Å². The number of rotatable bonds is 11. The molecular formula is C15H28O2. The Kier molecular flexibility index (Phi) is 12.7. The Labute approximate surface area is 106 Å². The van der Waals surface area contributed by atoms with Gasteiger partial charge in [-0.15, -0.1) is 0 Å². The van der Waals surface area contributed by atoms with Crippen molar-refractivity contribution in [1.82, 2.24) is 0 Å². The van der Waals surface area contributed by atoms with Crippen LogP contribution in [0.25, 0.3) is 0 Å². The summed E-state index contributed by atoms with van der Waals surface area (Å²) < 4.78 is 5.02. The minimum Gasteiger partial charge on any atom is -0.463 e. The SMILES string of the molecule is CC=CC(=O)OCCCCCCCCCCC. The van der Waals surface area contributed by atoms with Crippen molar-refractivity contribution in [2.75, 3.05) is 6.61 Å². The molecule has 0 aliphatic rings. The van der Waals surface area contributed by atoms with Gasteiger partial charge in [0.15, 0.2) is 0 Å². The number of carbonyl (C=O) groups excluding carboxylic acids is 1. The van der Waals surface area contributed by atoms with E-state index in [-0.39, 0.29) is 5.97 Å². The third kappa shape index (κ3) is 13.1. The molecule has 0 radical (unpaired) electrons. The molecule has 0 heterocycles. The molecule has 0 amide bonds. The van der Waals surface area contributed by atoms with Crippen LogP contribution < -0.4 is 0 Å². The molecular weight excluding hydrogens is 212 g/mol. The van der Waals surface area contributed by atoms with Gasteiger partial charge in [-0.1, -0.05) is 64.4 Å². The first-order valence-corrected chi connectivity index (χ1v) is 7.10. The van der Waals surface area contributed by atoms with Crippen LogP contribution in [-0.4, -0.2) is 12.6 Å². The van der Waals surface area contributed by atoms with Crippen molar-refractivity contribution < 1.29 is 9.53 Å². The molecule has 0 aliphatic heterocycles. The molecule has 0 fully saturated rings. The maximum Gasteiger partial charge on any atom is 0.330 e. The Morgan fingerprint density at radius 2 is 1.47 bits per heavy atom. The fraction of sp³-hybridized carbons (Fsp3) is 0.800. The molecule has 0 saturated heterocycles. The van der Waals surface area contributed by atoms with Crippen LogP contribution >= 0.6 is 0 Å². The van der Waals surface area contributed by atoms with Crippen molar-refractivity contribution in [3.05, 3.63) is 12.2 Å². The highest BCUT2D eigenvalue weighted by molar-refractivity contribution is 5.81. The molecule has 0 saturated carbocycles.